The van der Waals surface area contributed by atoms with E-state index in [9.17, 15) is 9.59 Å². The van der Waals surface area contributed by atoms with Crippen LogP contribution in [-0.4, -0.2) is 11.8 Å². The standard InChI is InChI=1S/C21H20N2O4/c24-20(22-14-19-7-4-12-26-19)13-21(25)23-17-8-10-18(11-9-17)27-15-16-5-2-1-3-6-16/h1-12H,13-15H2,(H,22,24)(H,23,25). The Labute approximate surface area is 157 Å². The van der Waals surface area contributed by atoms with Crippen LogP contribution in [0.25, 0.3) is 0 Å². The van der Waals surface area contributed by atoms with Crippen LogP contribution in [0.2, 0.25) is 0 Å². The molecule has 0 saturated carbocycles. The van der Waals surface area contributed by atoms with Crippen molar-refractivity contribution in [3.63, 3.8) is 0 Å². The summed E-state index contributed by atoms with van der Waals surface area (Å²) >= 11 is 0. The van der Waals surface area contributed by atoms with Gasteiger partial charge in [0.2, 0.25) is 11.8 Å². The molecule has 1 heterocycles. The lowest BCUT2D eigenvalue weighted by atomic mass is 10.2. The maximum atomic E-state index is 12.0. The highest BCUT2D eigenvalue weighted by molar-refractivity contribution is 6.03. The van der Waals surface area contributed by atoms with Gasteiger partial charge in [0, 0.05) is 5.69 Å². The largest absolute Gasteiger partial charge is 0.489 e. The van der Waals surface area contributed by atoms with Crippen LogP contribution in [-0.2, 0) is 22.7 Å². The van der Waals surface area contributed by atoms with Gasteiger partial charge in [-0.25, -0.2) is 0 Å². The second-order valence-electron chi connectivity index (χ2n) is 5.88. The first kappa shape index (κ1) is 18.3. The van der Waals surface area contributed by atoms with Gasteiger partial charge in [-0.15, -0.1) is 0 Å². The second kappa shape index (κ2) is 9.24. The molecule has 1 aromatic heterocycles. The van der Waals surface area contributed by atoms with Crippen molar-refractivity contribution < 1.29 is 18.7 Å². The minimum absolute atomic E-state index is 0.257. The number of hydrogen-bond acceptors (Lipinski definition) is 4. The van der Waals surface area contributed by atoms with Gasteiger partial charge in [-0.2, -0.15) is 0 Å². The highest BCUT2D eigenvalue weighted by Crippen LogP contribution is 2.17. The van der Waals surface area contributed by atoms with Crippen LogP contribution in [0.5, 0.6) is 5.75 Å². The first-order valence-corrected chi connectivity index (χ1v) is 8.55. The van der Waals surface area contributed by atoms with Crippen LogP contribution >= 0.6 is 0 Å². The zero-order valence-corrected chi connectivity index (χ0v) is 14.7. The van der Waals surface area contributed by atoms with Crippen LogP contribution in [0, 0.1) is 0 Å². The molecular formula is C21H20N2O4. The minimum atomic E-state index is -0.384. The number of hydrogen-bond donors (Lipinski definition) is 2. The maximum absolute atomic E-state index is 12.0. The molecule has 3 rings (SSSR count). The molecule has 6 nitrogen and oxygen atoms in total. The molecule has 3 aromatic rings. The van der Waals surface area contributed by atoms with Gasteiger partial charge in [-0.1, -0.05) is 30.3 Å². The molecule has 0 aliphatic heterocycles. The predicted octanol–water partition coefficient (Wildman–Crippen LogP) is 3.50. The lowest BCUT2D eigenvalue weighted by molar-refractivity contribution is -0.127. The van der Waals surface area contributed by atoms with Crippen molar-refractivity contribution in [1.29, 1.82) is 0 Å². The topological polar surface area (TPSA) is 80.6 Å². The number of anilines is 1. The van der Waals surface area contributed by atoms with E-state index in [1.807, 2.05) is 30.3 Å². The minimum Gasteiger partial charge on any atom is -0.489 e. The average molecular weight is 364 g/mol. The number of nitrogens with one attached hydrogen (secondary N) is 2. The van der Waals surface area contributed by atoms with Crippen LogP contribution < -0.4 is 15.4 Å². The molecule has 0 unspecified atom stereocenters. The van der Waals surface area contributed by atoms with E-state index in [4.69, 9.17) is 9.15 Å². The zero-order chi connectivity index (χ0) is 18.9. The summed E-state index contributed by atoms with van der Waals surface area (Å²) in [7, 11) is 0. The number of amides is 2. The third kappa shape index (κ3) is 6.04. The lowest BCUT2D eigenvalue weighted by Crippen LogP contribution is -2.27. The third-order valence-electron chi connectivity index (χ3n) is 3.75. The van der Waals surface area contributed by atoms with E-state index >= 15 is 0 Å². The fourth-order valence-electron chi connectivity index (χ4n) is 2.39. The van der Waals surface area contributed by atoms with Crippen LogP contribution in [0.3, 0.4) is 0 Å². The van der Waals surface area contributed by atoms with Crippen molar-refractivity contribution in [2.45, 2.75) is 19.6 Å². The number of carbonyl (C=O) groups is 2. The van der Waals surface area contributed by atoms with Crippen molar-refractivity contribution >= 4 is 17.5 Å². The van der Waals surface area contributed by atoms with Crippen molar-refractivity contribution in [2.75, 3.05) is 5.32 Å². The van der Waals surface area contributed by atoms with E-state index in [2.05, 4.69) is 10.6 Å². The molecule has 0 bridgehead atoms. The van der Waals surface area contributed by atoms with Gasteiger partial charge in [-0.3, -0.25) is 9.59 Å². The fourth-order valence-corrected chi connectivity index (χ4v) is 2.39. The van der Waals surface area contributed by atoms with Crippen molar-refractivity contribution in [3.8, 4) is 5.75 Å². The van der Waals surface area contributed by atoms with E-state index in [0.717, 1.165) is 5.56 Å². The number of furan rings is 1. The molecule has 0 atom stereocenters. The molecule has 0 radical (unpaired) electrons. The van der Waals surface area contributed by atoms with E-state index in [1.54, 1.807) is 36.4 Å². The lowest BCUT2D eigenvalue weighted by Gasteiger charge is -2.09. The van der Waals surface area contributed by atoms with Crippen LogP contribution in [0.15, 0.2) is 77.4 Å². The predicted molar refractivity (Wildman–Crippen MR) is 101 cm³/mol. The molecular weight excluding hydrogens is 344 g/mol. The van der Waals surface area contributed by atoms with Gasteiger partial charge in [-0.05, 0) is 42.0 Å². The summed E-state index contributed by atoms with van der Waals surface area (Å²) in [4.78, 5) is 23.7. The molecule has 2 aromatic carbocycles. The summed E-state index contributed by atoms with van der Waals surface area (Å²) in [6.07, 6.45) is 1.27. The van der Waals surface area contributed by atoms with E-state index < -0.39 is 0 Å². The molecule has 27 heavy (non-hydrogen) atoms. The maximum Gasteiger partial charge on any atom is 0.233 e. The number of rotatable bonds is 8. The van der Waals surface area contributed by atoms with E-state index in [1.165, 1.54) is 6.26 Å². The van der Waals surface area contributed by atoms with Crippen molar-refractivity contribution in [1.82, 2.24) is 5.32 Å². The molecule has 2 N–H and O–H groups in total. The zero-order valence-electron chi connectivity index (χ0n) is 14.7. The normalized spacial score (nSPS) is 10.2. The number of ether oxygens (including phenoxy) is 1. The molecule has 2 amide bonds. The molecule has 0 fully saturated rings. The van der Waals surface area contributed by atoms with Gasteiger partial charge in [0.1, 0.15) is 24.5 Å². The Morgan fingerprint density at radius 3 is 2.37 bits per heavy atom. The summed E-state index contributed by atoms with van der Waals surface area (Å²) in [6, 6.07) is 20.4. The molecule has 0 saturated heterocycles. The van der Waals surface area contributed by atoms with Gasteiger partial charge < -0.3 is 19.8 Å². The van der Waals surface area contributed by atoms with Crippen LogP contribution in [0.4, 0.5) is 5.69 Å². The fraction of sp³-hybridized carbons (Fsp3) is 0.143. The van der Waals surface area contributed by atoms with Crippen molar-refractivity contribution in [3.05, 3.63) is 84.3 Å². The Morgan fingerprint density at radius 1 is 0.889 bits per heavy atom. The Kier molecular flexibility index (Phi) is 6.25. The Balaban J connectivity index is 1.41. The SMILES string of the molecule is O=C(CC(=O)Nc1ccc(OCc2ccccc2)cc1)NCc1ccco1. The Morgan fingerprint density at radius 2 is 1.67 bits per heavy atom. The molecule has 0 spiro atoms. The molecule has 0 aliphatic rings. The summed E-state index contributed by atoms with van der Waals surface area (Å²) in [6.45, 7) is 0.731. The molecule has 138 valence electrons. The summed E-state index contributed by atoms with van der Waals surface area (Å²) in [5.41, 5.74) is 1.68. The Hall–Kier alpha value is -3.54. The molecule has 6 heteroatoms. The summed E-state index contributed by atoms with van der Waals surface area (Å²) in [5, 5.41) is 5.32. The molecule has 0 aliphatic carbocycles. The second-order valence-corrected chi connectivity index (χ2v) is 5.88. The van der Waals surface area contributed by atoms with Gasteiger partial charge in [0.05, 0.1) is 12.8 Å². The number of benzene rings is 2. The van der Waals surface area contributed by atoms with Crippen LogP contribution in [0.1, 0.15) is 17.7 Å². The first-order valence-electron chi connectivity index (χ1n) is 8.55. The first-order chi connectivity index (χ1) is 13.2. The van der Waals surface area contributed by atoms with Crippen molar-refractivity contribution in [2.24, 2.45) is 0 Å². The highest BCUT2D eigenvalue weighted by Gasteiger charge is 2.10. The van der Waals surface area contributed by atoms with Gasteiger partial charge in [0.25, 0.3) is 0 Å². The average Bonchev–Trinajstić information content (AvgIpc) is 3.20. The highest BCUT2D eigenvalue weighted by atomic mass is 16.5. The Bertz CT molecular complexity index is 859. The third-order valence-corrected chi connectivity index (χ3v) is 3.75. The van der Waals surface area contributed by atoms with Gasteiger partial charge >= 0.3 is 0 Å². The monoisotopic (exact) mass is 364 g/mol. The van der Waals surface area contributed by atoms with Gasteiger partial charge in [0.15, 0.2) is 0 Å². The van der Waals surface area contributed by atoms with E-state index in [-0.39, 0.29) is 24.8 Å². The smallest absolute Gasteiger partial charge is 0.233 e. The summed E-state index contributed by atoms with van der Waals surface area (Å²) in [5.74, 6) is 0.583. The van der Waals surface area contributed by atoms with E-state index in [0.29, 0.717) is 23.8 Å². The number of carbonyl (C=O) groups excluding carboxylic acids is 2. The summed E-state index contributed by atoms with van der Waals surface area (Å²) < 4.78 is 10.8. The quantitative estimate of drug-likeness (QED) is 0.600.